The van der Waals surface area contributed by atoms with Crippen LogP contribution in [0.25, 0.3) is 0 Å². The lowest BCUT2D eigenvalue weighted by atomic mass is 10.1. The topological polar surface area (TPSA) is 65.0 Å². The van der Waals surface area contributed by atoms with Gasteiger partial charge in [0.25, 0.3) is 0 Å². The maximum absolute atomic E-state index is 6.10. The first-order chi connectivity index (χ1) is 15.4. The second-order valence-electron chi connectivity index (χ2n) is 9.05. The van der Waals surface area contributed by atoms with Gasteiger partial charge in [-0.3, -0.25) is 4.99 Å². The van der Waals surface area contributed by atoms with Gasteiger partial charge in [-0.1, -0.05) is 25.1 Å². The van der Waals surface area contributed by atoms with Crippen molar-refractivity contribution in [2.45, 2.75) is 46.4 Å². The lowest BCUT2D eigenvalue weighted by molar-refractivity contribution is 0.129. The first-order valence-corrected chi connectivity index (χ1v) is 11.5. The average Bonchev–Trinajstić information content (AvgIpc) is 2.79. The summed E-state index contributed by atoms with van der Waals surface area (Å²) in [7, 11) is 1.79. The van der Waals surface area contributed by atoms with E-state index in [1.807, 2.05) is 24.4 Å². The number of halogens is 1. The van der Waals surface area contributed by atoms with Gasteiger partial charge in [0, 0.05) is 58.1 Å². The Kier molecular flexibility index (Phi) is 10.7. The van der Waals surface area contributed by atoms with Crippen molar-refractivity contribution >= 4 is 35.8 Å². The average molecular weight is 567 g/mol. The molecule has 1 aromatic heterocycles. The Balaban J connectivity index is 0.00000385. The van der Waals surface area contributed by atoms with Crippen LogP contribution in [0.4, 0.5) is 5.82 Å². The molecule has 182 valence electrons. The highest BCUT2D eigenvalue weighted by atomic mass is 127. The molecule has 0 bridgehead atoms. The Hall–Kier alpha value is -2.07. The summed E-state index contributed by atoms with van der Waals surface area (Å²) in [5.41, 5.74) is 2.05. The molecule has 1 aliphatic rings. The summed E-state index contributed by atoms with van der Waals surface area (Å²) >= 11 is 0. The highest BCUT2D eigenvalue weighted by Crippen LogP contribution is 2.22. The SMILES string of the molecule is CCN1CCN(c2cc(CNC(=NC)NCc3ccccc3OC(C)(C)C)ccn2)CC1.I. The van der Waals surface area contributed by atoms with Crippen LogP contribution in [0.3, 0.4) is 0 Å². The molecule has 2 heterocycles. The maximum atomic E-state index is 6.10. The maximum Gasteiger partial charge on any atom is 0.191 e. The predicted molar refractivity (Wildman–Crippen MR) is 148 cm³/mol. The molecule has 7 nitrogen and oxygen atoms in total. The van der Waals surface area contributed by atoms with Crippen molar-refractivity contribution in [1.29, 1.82) is 0 Å². The van der Waals surface area contributed by atoms with E-state index in [0.29, 0.717) is 13.1 Å². The molecule has 0 saturated carbocycles. The summed E-state index contributed by atoms with van der Waals surface area (Å²) in [6, 6.07) is 12.3. The minimum absolute atomic E-state index is 0. The van der Waals surface area contributed by atoms with E-state index in [4.69, 9.17) is 4.74 Å². The molecule has 2 aromatic rings. The number of nitrogens with zero attached hydrogens (tertiary/aromatic N) is 4. The van der Waals surface area contributed by atoms with Crippen molar-refractivity contribution in [2.75, 3.05) is 44.7 Å². The molecule has 2 N–H and O–H groups in total. The number of hydrogen-bond donors (Lipinski definition) is 2. The molecule has 1 fully saturated rings. The van der Waals surface area contributed by atoms with E-state index in [1.165, 1.54) is 5.56 Å². The number of anilines is 1. The molecular weight excluding hydrogens is 527 g/mol. The van der Waals surface area contributed by atoms with E-state index in [9.17, 15) is 0 Å². The fourth-order valence-corrected chi connectivity index (χ4v) is 3.70. The largest absolute Gasteiger partial charge is 0.488 e. The molecule has 8 heteroatoms. The fraction of sp³-hybridized carbons (Fsp3) is 0.520. The Morgan fingerprint density at radius 2 is 1.76 bits per heavy atom. The Bertz CT molecular complexity index is 890. The van der Waals surface area contributed by atoms with Gasteiger partial charge in [0.05, 0.1) is 0 Å². The summed E-state index contributed by atoms with van der Waals surface area (Å²) in [6.07, 6.45) is 1.90. The molecule has 0 amide bonds. The van der Waals surface area contributed by atoms with Gasteiger partial charge in [-0.25, -0.2) is 4.98 Å². The Labute approximate surface area is 216 Å². The molecule has 0 radical (unpaired) electrons. The predicted octanol–water partition coefficient (Wildman–Crippen LogP) is 3.88. The quantitative estimate of drug-likeness (QED) is 0.302. The van der Waals surface area contributed by atoms with Crippen LogP contribution in [-0.2, 0) is 13.1 Å². The normalized spacial score (nSPS) is 15.1. The third kappa shape index (κ3) is 8.66. The number of piperazine rings is 1. The third-order valence-corrected chi connectivity index (χ3v) is 5.47. The lowest BCUT2D eigenvalue weighted by Gasteiger charge is -2.34. The van der Waals surface area contributed by atoms with Gasteiger partial charge in [-0.15, -0.1) is 24.0 Å². The number of aliphatic imine (C=N–C) groups is 1. The van der Waals surface area contributed by atoms with Crippen molar-refractivity contribution in [2.24, 2.45) is 4.99 Å². The highest BCUT2D eigenvalue weighted by molar-refractivity contribution is 14.0. The van der Waals surface area contributed by atoms with E-state index in [-0.39, 0.29) is 29.6 Å². The van der Waals surface area contributed by atoms with E-state index in [1.54, 1.807) is 7.05 Å². The number of ether oxygens (including phenoxy) is 1. The number of likely N-dealkylation sites (N-methyl/N-ethyl adjacent to an activating group) is 1. The zero-order valence-electron chi connectivity index (χ0n) is 20.6. The molecule has 0 unspecified atom stereocenters. The first-order valence-electron chi connectivity index (χ1n) is 11.5. The van der Waals surface area contributed by atoms with Gasteiger partial charge in [0.1, 0.15) is 17.2 Å². The number of para-hydroxylation sites is 1. The molecule has 1 saturated heterocycles. The zero-order chi connectivity index (χ0) is 23.0. The first kappa shape index (κ1) is 27.2. The van der Waals surface area contributed by atoms with Crippen molar-refractivity contribution < 1.29 is 4.74 Å². The fourth-order valence-electron chi connectivity index (χ4n) is 3.70. The van der Waals surface area contributed by atoms with Gasteiger partial charge in [0.2, 0.25) is 0 Å². The third-order valence-electron chi connectivity index (χ3n) is 5.47. The molecular formula is C25H39IN6O. The summed E-state index contributed by atoms with van der Waals surface area (Å²) in [6.45, 7) is 15.1. The lowest BCUT2D eigenvalue weighted by Crippen LogP contribution is -2.46. The van der Waals surface area contributed by atoms with Crippen molar-refractivity contribution in [3.63, 3.8) is 0 Å². The van der Waals surface area contributed by atoms with Gasteiger partial charge in [-0.05, 0) is 51.1 Å². The molecule has 1 aromatic carbocycles. The van der Waals surface area contributed by atoms with E-state index in [2.05, 4.69) is 76.3 Å². The second kappa shape index (κ2) is 13.0. The molecule has 0 atom stereocenters. The number of nitrogens with one attached hydrogen (secondary N) is 2. The zero-order valence-corrected chi connectivity index (χ0v) is 22.9. The van der Waals surface area contributed by atoms with E-state index in [0.717, 1.165) is 55.8 Å². The summed E-state index contributed by atoms with van der Waals surface area (Å²) in [4.78, 5) is 13.8. The summed E-state index contributed by atoms with van der Waals surface area (Å²) < 4.78 is 6.10. The molecule has 0 aliphatic carbocycles. The molecule has 3 rings (SSSR count). The van der Waals surface area contributed by atoms with Crippen molar-refractivity contribution in [1.82, 2.24) is 20.5 Å². The van der Waals surface area contributed by atoms with Crippen molar-refractivity contribution in [3.05, 3.63) is 53.7 Å². The minimum Gasteiger partial charge on any atom is -0.488 e. The van der Waals surface area contributed by atoms with E-state index >= 15 is 0 Å². The van der Waals surface area contributed by atoms with Crippen LogP contribution in [0, 0.1) is 0 Å². The Morgan fingerprint density at radius 3 is 2.42 bits per heavy atom. The summed E-state index contributed by atoms with van der Waals surface area (Å²) in [5.74, 6) is 2.70. The number of pyridine rings is 1. The van der Waals surface area contributed by atoms with Crippen LogP contribution in [0.2, 0.25) is 0 Å². The minimum atomic E-state index is -0.238. The number of guanidine groups is 1. The van der Waals surface area contributed by atoms with E-state index < -0.39 is 0 Å². The van der Waals surface area contributed by atoms with Crippen molar-refractivity contribution in [3.8, 4) is 5.75 Å². The second-order valence-corrected chi connectivity index (χ2v) is 9.05. The van der Waals surface area contributed by atoms with Crippen LogP contribution in [0.1, 0.15) is 38.8 Å². The Morgan fingerprint density at radius 1 is 1.06 bits per heavy atom. The molecule has 0 spiro atoms. The van der Waals surface area contributed by atoms with Crippen LogP contribution in [-0.4, -0.2) is 61.2 Å². The molecule has 33 heavy (non-hydrogen) atoms. The number of rotatable bonds is 7. The van der Waals surface area contributed by atoms with Gasteiger partial charge in [-0.2, -0.15) is 0 Å². The number of hydrogen-bond acceptors (Lipinski definition) is 5. The van der Waals surface area contributed by atoms with Crippen LogP contribution < -0.4 is 20.3 Å². The van der Waals surface area contributed by atoms with Crippen LogP contribution >= 0.6 is 24.0 Å². The van der Waals surface area contributed by atoms with Gasteiger partial charge < -0.3 is 25.2 Å². The number of benzene rings is 1. The van der Waals surface area contributed by atoms with Crippen LogP contribution in [0.15, 0.2) is 47.6 Å². The number of aromatic nitrogens is 1. The van der Waals surface area contributed by atoms with Gasteiger partial charge >= 0.3 is 0 Å². The van der Waals surface area contributed by atoms with Crippen LogP contribution in [0.5, 0.6) is 5.75 Å². The monoisotopic (exact) mass is 566 g/mol. The standard InChI is InChI=1S/C25H38N6O.HI/c1-6-30-13-15-31(16-14-30)23-17-20(11-12-27-23)18-28-24(26-5)29-19-21-9-7-8-10-22(21)32-25(2,3)4;/h7-12,17H,6,13-16,18-19H2,1-5H3,(H2,26,28,29);1H. The highest BCUT2D eigenvalue weighted by Gasteiger charge is 2.17. The summed E-state index contributed by atoms with van der Waals surface area (Å²) in [5, 5.41) is 6.81. The van der Waals surface area contributed by atoms with Gasteiger partial charge in [0.15, 0.2) is 5.96 Å². The smallest absolute Gasteiger partial charge is 0.191 e. The molecule has 1 aliphatic heterocycles.